The molecule has 144 valence electrons. The van der Waals surface area contributed by atoms with Crippen LogP contribution in [0, 0.1) is 0 Å². The molecule has 0 fully saturated rings. The normalized spacial score (nSPS) is 12.9. The number of aromatic nitrogens is 2. The van der Waals surface area contributed by atoms with Gasteiger partial charge in [0, 0.05) is 24.2 Å². The minimum atomic E-state index is -3.47. The number of fused-ring (bicyclic) bond motifs is 1. The number of hydrogen-bond donors (Lipinski definition) is 1. The molecule has 1 aromatic heterocycles. The smallest absolute Gasteiger partial charge is 0.240 e. The lowest BCUT2D eigenvalue weighted by Gasteiger charge is -2.07. The molecule has 0 unspecified atom stereocenters. The van der Waals surface area contributed by atoms with Crippen molar-refractivity contribution in [1.29, 1.82) is 0 Å². The van der Waals surface area contributed by atoms with Crippen molar-refractivity contribution >= 4 is 10.0 Å². The second-order valence-electron chi connectivity index (χ2n) is 6.40. The first-order valence-corrected chi connectivity index (χ1v) is 10.2. The highest BCUT2D eigenvalue weighted by Gasteiger charge is 2.14. The molecule has 0 bridgehead atoms. The molecule has 3 aromatic rings. The summed E-state index contributed by atoms with van der Waals surface area (Å²) in [6.07, 6.45) is 2.69. The van der Waals surface area contributed by atoms with Crippen LogP contribution in [0.2, 0.25) is 0 Å². The Morgan fingerprint density at radius 3 is 2.39 bits per heavy atom. The molecule has 2 aromatic carbocycles. The Balaban J connectivity index is 1.52. The molecule has 1 N–H and O–H groups in total. The fourth-order valence-electron chi connectivity index (χ4n) is 3.05. The van der Waals surface area contributed by atoms with E-state index in [9.17, 15) is 8.42 Å². The van der Waals surface area contributed by atoms with Crippen molar-refractivity contribution in [3.63, 3.8) is 0 Å². The topological polar surface area (TPSA) is 90.4 Å². The number of sulfonamides is 1. The Hall–Kier alpha value is -2.97. The summed E-state index contributed by atoms with van der Waals surface area (Å²) in [5, 5.41) is 0. The molecule has 1 aliphatic rings. The molecule has 0 spiro atoms. The maximum Gasteiger partial charge on any atom is 0.240 e. The Morgan fingerprint density at radius 2 is 1.64 bits per heavy atom. The van der Waals surface area contributed by atoms with Gasteiger partial charge in [0.15, 0.2) is 11.5 Å². The number of benzene rings is 2. The fraction of sp³-hybridized carbons (Fsp3) is 0.200. The molecule has 2 heterocycles. The molecule has 28 heavy (non-hydrogen) atoms. The van der Waals surface area contributed by atoms with Crippen LogP contribution in [0.15, 0.2) is 59.8 Å². The summed E-state index contributed by atoms with van der Waals surface area (Å²) < 4.78 is 37.1. The Kier molecular flexibility index (Phi) is 4.97. The number of rotatable bonds is 6. The van der Waals surface area contributed by atoms with Crippen LogP contribution in [0.4, 0.5) is 0 Å². The largest absolute Gasteiger partial charge is 0.454 e. The lowest BCUT2D eigenvalue weighted by Crippen LogP contribution is -2.18. The summed E-state index contributed by atoms with van der Waals surface area (Å²) in [6, 6.07) is 14.6. The summed E-state index contributed by atoms with van der Waals surface area (Å²) in [5.41, 5.74) is 3.63. The summed E-state index contributed by atoms with van der Waals surface area (Å²) in [7, 11) is -2.07. The average molecular weight is 397 g/mol. The van der Waals surface area contributed by atoms with E-state index in [1.54, 1.807) is 18.2 Å². The second-order valence-corrected chi connectivity index (χ2v) is 8.28. The van der Waals surface area contributed by atoms with Gasteiger partial charge < -0.3 is 9.47 Å². The van der Waals surface area contributed by atoms with E-state index in [1.807, 2.05) is 30.3 Å². The third-order valence-corrected chi connectivity index (χ3v) is 5.88. The van der Waals surface area contributed by atoms with Crippen LogP contribution in [0.1, 0.15) is 22.5 Å². The van der Waals surface area contributed by atoms with Gasteiger partial charge in [-0.3, -0.25) is 0 Å². The molecule has 0 amide bonds. The van der Waals surface area contributed by atoms with Crippen molar-refractivity contribution in [2.45, 2.75) is 17.7 Å². The number of ether oxygens (including phenoxy) is 2. The minimum Gasteiger partial charge on any atom is -0.454 e. The molecule has 0 atom stereocenters. The van der Waals surface area contributed by atoms with E-state index in [1.165, 1.54) is 13.4 Å². The van der Waals surface area contributed by atoms with Gasteiger partial charge in [0.2, 0.25) is 16.8 Å². The highest BCUT2D eigenvalue weighted by molar-refractivity contribution is 7.89. The maximum absolute atomic E-state index is 12.0. The van der Waals surface area contributed by atoms with Crippen molar-refractivity contribution in [1.82, 2.24) is 14.7 Å². The molecule has 0 saturated heterocycles. The van der Waals surface area contributed by atoms with Crippen LogP contribution in [-0.2, 0) is 22.9 Å². The molecule has 7 nitrogen and oxygen atoms in total. The SMILES string of the molecule is CNS(=O)(=O)c1cccc(Cc2cc(Cc3ccc4c(c3)OCO4)ncn2)c1. The van der Waals surface area contributed by atoms with Crippen LogP contribution in [0.5, 0.6) is 11.5 Å². The van der Waals surface area contributed by atoms with Gasteiger partial charge in [-0.2, -0.15) is 0 Å². The van der Waals surface area contributed by atoms with E-state index in [0.717, 1.165) is 34.0 Å². The van der Waals surface area contributed by atoms with Gasteiger partial charge in [-0.25, -0.2) is 23.1 Å². The van der Waals surface area contributed by atoms with Crippen molar-refractivity contribution in [2.24, 2.45) is 0 Å². The van der Waals surface area contributed by atoms with E-state index >= 15 is 0 Å². The van der Waals surface area contributed by atoms with E-state index in [-0.39, 0.29) is 11.7 Å². The first-order chi connectivity index (χ1) is 13.5. The highest BCUT2D eigenvalue weighted by Crippen LogP contribution is 2.33. The zero-order chi connectivity index (χ0) is 19.6. The molecular weight excluding hydrogens is 378 g/mol. The molecule has 1 aliphatic heterocycles. The fourth-order valence-corrected chi connectivity index (χ4v) is 3.85. The lowest BCUT2D eigenvalue weighted by atomic mass is 10.1. The maximum atomic E-state index is 12.0. The third-order valence-electron chi connectivity index (χ3n) is 4.47. The number of nitrogens with zero attached hydrogens (tertiary/aromatic N) is 2. The molecule has 4 rings (SSSR count). The third kappa shape index (κ3) is 3.97. The van der Waals surface area contributed by atoms with Gasteiger partial charge in [-0.1, -0.05) is 18.2 Å². The molecule has 0 radical (unpaired) electrons. The monoisotopic (exact) mass is 397 g/mol. The van der Waals surface area contributed by atoms with Crippen molar-refractivity contribution in [3.8, 4) is 11.5 Å². The number of nitrogens with one attached hydrogen (secondary N) is 1. The van der Waals surface area contributed by atoms with Crippen LogP contribution >= 0.6 is 0 Å². The van der Waals surface area contributed by atoms with Crippen LogP contribution in [0.3, 0.4) is 0 Å². The summed E-state index contributed by atoms with van der Waals surface area (Å²) in [4.78, 5) is 8.91. The Bertz CT molecular complexity index is 1120. The first kappa shape index (κ1) is 18.4. The molecule has 8 heteroatoms. The first-order valence-electron chi connectivity index (χ1n) is 8.74. The summed E-state index contributed by atoms with van der Waals surface area (Å²) >= 11 is 0. The zero-order valence-corrected chi connectivity index (χ0v) is 16.1. The quantitative estimate of drug-likeness (QED) is 0.686. The van der Waals surface area contributed by atoms with Crippen molar-refractivity contribution in [3.05, 3.63) is 77.4 Å². The van der Waals surface area contributed by atoms with E-state index in [4.69, 9.17) is 9.47 Å². The van der Waals surface area contributed by atoms with E-state index < -0.39 is 10.0 Å². The van der Waals surface area contributed by atoms with Gasteiger partial charge in [-0.05, 0) is 48.5 Å². The zero-order valence-electron chi connectivity index (χ0n) is 15.3. The Morgan fingerprint density at radius 1 is 0.929 bits per heavy atom. The van der Waals surface area contributed by atoms with E-state index in [0.29, 0.717) is 12.8 Å². The number of hydrogen-bond acceptors (Lipinski definition) is 6. The average Bonchev–Trinajstić information content (AvgIpc) is 3.16. The highest BCUT2D eigenvalue weighted by atomic mass is 32.2. The van der Waals surface area contributed by atoms with Crippen molar-refractivity contribution < 1.29 is 17.9 Å². The van der Waals surface area contributed by atoms with Crippen LogP contribution in [-0.4, -0.2) is 32.2 Å². The molecule has 0 saturated carbocycles. The van der Waals surface area contributed by atoms with Gasteiger partial charge in [0.1, 0.15) is 6.33 Å². The predicted octanol–water partition coefficient (Wildman–Crippen LogP) is 2.29. The van der Waals surface area contributed by atoms with Crippen LogP contribution < -0.4 is 14.2 Å². The molecular formula is C20H19N3O4S. The lowest BCUT2D eigenvalue weighted by molar-refractivity contribution is 0.174. The minimum absolute atomic E-state index is 0.238. The summed E-state index contributed by atoms with van der Waals surface area (Å²) in [5.74, 6) is 1.50. The van der Waals surface area contributed by atoms with Gasteiger partial charge in [0.25, 0.3) is 0 Å². The van der Waals surface area contributed by atoms with Crippen molar-refractivity contribution in [2.75, 3.05) is 13.8 Å². The van der Waals surface area contributed by atoms with Gasteiger partial charge in [-0.15, -0.1) is 0 Å². The standard InChI is InChI=1S/C20H19N3O4S/c1-21-28(24,25)18-4-2-3-14(9-18)7-16-11-17(23-12-22-16)8-15-5-6-19-20(10-15)27-13-26-19/h2-6,9-12,21H,7-8,13H2,1H3. The van der Waals surface area contributed by atoms with Gasteiger partial charge >= 0.3 is 0 Å². The Labute approximate surface area is 163 Å². The second kappa shape index (κ2) is 7.57. The van der Waals surface area contributed by atoms with Crippen LogP contribution in [0.25, 0.3) is 0 Å². The van der Waals surface area contributed by atoms with E-state index in [2.05, 4.69) is 14.7 Å². The molecule has 0 aliphatic carbocycles. The van der Waals surface area contributed by atoms with Gasteiger partial charge in [0.05, 0.1) is 4.90 Å². The summed E-state index contributed by atoms with van der Waals surface area (Å²) in [6.45, 7) is 0.249. The predicted molar refractivity (Wildman–Crippen MR) is 103 cm³/mol.